The van der Waals surface area contributed by atoms with Gasteiger partial charge in [0.2, 0.25) is 0 Å². The number of para-hydroxylation sites is 1. The number of benzene rings is 1. The van der Waals surface area contributed by atoms with Crippen LogP contribution in [0, 0.1) is 0 Å². The van der Waals surface area contributed by atoms with Gasteiger partial charge in [-0.15, -0.1) is 0 Å². The minimum Gasteiger partial charge on any atom is -0.312 e. The van der Waals surface area contributed by atoms with Crippen LogP contribution in [0.3, 0.4) is 0 Å². The SMILES string of the molecule is CN1C(=O)[C@@H](N)N=C(c2ccncc2)c2ccccc21. The number of benzodiazepines with no additional fused rings is 1. The molecule has 1 aromatic carbocycles. The number of amides is 1. The number of aromatic nitrogens is 1. The van der Waals surface area contributed by atoms with E-state index in [0.29, 0.717) is 5.71 Å². The Hall–Kier alpha value is -2.53. The van der Waals surface area contributed by atoms with Gasteiger partial charge in [-0.2, -0.15) is 0 Å². The van der Waals surface area contributed by atoms with Crippen LogP contribution >= 0.6 is 0 Å². The predicted molar refractivity (Wildman–Crippen MR) is 77.7 cm³/mol. The first-order valence-electron chi connectivity index (χ1n) is 6.29. The van der Waals surface area contributed by atoms with Crippen molar-refractivity contribution in [1.29, 1.82) is 0 Å². The number of nitrogens with zero attached hydrogens (tertiary/aromatic N) is 3. The Bertz CT molecular complexity index is 681. The average molecular weight is 266 g/mol. The lowest BCUT2D eigenvalue weighted by molar-refractivity contribution is -0.119. The smallest absolute Gasteiger partial charge is 0.266 e. The van der Waals surface area contributed by atoms with E-state index in [1.165, 1.54) is 0 Å². The normalized spacial score (nSPS) is 18.3. The van der Waals surface area contributed by atoms with E-state index in [1.807, 2.05) is 36.4 Å². The van der Waals surface area contributed by atoms with Gasteiger partial charge in [-0.1, -0.05) is 18.2 Å². The Morgan fingerprint density at radius 2 is 1.85 bits per heavy atom. The lowest BCUT2D eigenvalue weighted by Crippen LogP contribution is -2.39. The minimum atomic E-state index is -0.893. The third-order valence-electron chi connectivity index (χ3n) is 3.33. The number of hydrogen-bond donors (Lipinski definition) is 1. The summed E-state index contributed by atoms with van der Waals surface area (Å²) in [6.45, 7) is 0. The number of carbonyl (C=O) groups is 1. The Balaban J connectivity index is 2.24. The molecule has 2 aromatic rings. The van der Waals surface area contributed by atoms with E-state index >= 15 is 0 Å². The van der Waals surface area contributed by atoms with Gasteiger partial charge in [-0.3, -0.25) is 14.8 Å². The Morgan fingerprint density at radius 1 is 1.15 bits per heavy atom. The topological polar surface area (TPSA) is 71.6 Å². The highest BCUT2D eigenvalue weighted by atomic mass is 16.2. The molecule has 3 rings (SSSR count). The standard InChI is InChI=1S/C15H14N4O/c1-19-12-5-3-2-4-11(12)13(18-14(16)15(19)20)10-6-8-17-9-7-10/h2-9,14H,16H2,1H3/t14-/m0/s1. The Kier molecular flexibility index (Phi) is 3.04. The molecule has 0 spiro atoms. The maximum absolute atomic E-state index is 12.2. The van der Waals surface area contributed by atoms with Crippen LogP contribution in [0.25, 0.3) is 0 Å². The summed E-state index contributed by atoms with van der Waals surface area (Å²) in [4.78, 5) is 22.1. The van der Waals surface area contributed by atoms with Gasteiger partial charge in [0.05, 0.1) is 11.4 Å². The number of carbonyl (C=O) groups excluding carboxylic acids is 1. The Morgan fingerprint density at radius 3 is 2.60 bits per heavy atom. The summed E-state index contributed by atoms with van der Waals surface area (Å²) in [5.41, 5.74) is 9.19. The van der Waals surface area contributed by atoms with Crippen molar-refractivity contribution >= 4 is 17.3 Å². The van der Waals surface area contributed by atoms with Gasteiger partial charge in [0.1, 0.15) is 0 Å². The van der Waals surface area contributed by atoms with Crippen LogP contribution in [0.15, 0.2) is 53.8 Å². The molecule has 2 heterocycles. The van der Waals surface area contributed by atoms with Crippen molar-refractivity contribution < 1.29 is 4.79 Å². The Labute approximate surface area is 116 Å². The van der Waals surface area contributed by atoms with Crippen LogP contribution < -0.4 is 10.6 Å². The van der Waals surface area contributed by atoms with E-state index in [-0.39, 0.29) is 5.91 Å². The van der Waals surface area contributed by atoms with Crippen LogP contribution in [0.1, 0.15) is 11.1 Å². The first-order valence-corrected chi connectivity index (χ1v) is 6.29. The number of anilines is 1. The van der Waals surface area contributed by atoms with Gasteiger partial charge in [-0.25, -0.2) is 0 Å². The number of rotatable bonds is 1. The molecule has 0 radical (unpaired) electrons. The van der Waals surface area contributed by atoms with Crippen molar-refractivity contribution in [2.75, 3.05) is 11.9 Å². The highest BCUT2D eigenvalue weighted by molar-refractivity contribution is 6.19. The third kappa shape index (κ3) is 1.98. The zero-order chi connectivity index (χ0) is 14.1. The van der Waals surface area contributed by atoms with Gasteiger partial charge in [0.15, 0.2) is 6.17 Å². The summed E-state index contributed by atoms with van der Waals surface area (Å²) in [6, 6.07) is 11.4. The van der Waals surface area contributed by atoms with Gasteiger partial charge >= 0.3 is 0 Å². The van der Waals surface area contributed by atoms with Crippen LogP contribution in [0.4, 0.5) is 5.69 Å². The first-order chi connectivity index (χ1) is 9.68. The second-order valence-electron chi connectivity index (χ2n) is 4.57. The van der Waals surface area contributed by atoms with Crippen molar-refractivity contribution in [2.45, 2.75) is 6.17 Å². The summed E-state index contributed by atoms with van der Waals surface area (Å²) in [7, 11) is 1.71. The summed E-state index contributed by atoms with van der Waals surface area (Å²) in [6.07, 6.45) is 2.50. The zero-order valence-corrected chi connectivity index (χ0v) is 11.0. The number of aliphatic imine (C=N–C) groups is 1. The second kappa shape index (κ2) is 4.86. The molecular formula is C15H14N4O. The minimum absolute atomic E-state index is 0.221. The number of likely N-dealkylation sites (N-methyl/N-ethyl adjacent to an activating group) is 1. The first kappa shape index (κ1) is 12.5. The molecule has 100 valence electrons. The molecule has 5 heteroatoms. The fourth-order valence-corrected chi connectivity index (χ4v) is 2.29. The summed E-state index contributed by atoms with van der Waals surface area (Å²) >= 11 is 0. The molecule has 0 fully saturated rings. The molecule has 5 nitrogen and oxygen atoms in total. The molecule has 1 aliphatic heterocycles. The molecular weight excluding hydrogens is 252 g/mol. The van der Waals surface area contributed by atoms with E-state index < -0.39 is 6.17 Å². The highest BCUT2D eigenvalue weighted by Crippen LogP contribution is 2.26. The molecule has 1 amide bonds. The summed E-state index contributed by atoms with van der Waals surface area (Å²) in [5.74, 6) is -0.221. The van der Waals surface area contributed by atoms with Crippen molar-refractivity contribution in [3.63, 3.8) is 0 Å². The van der Waals surface area contributed by atoms with E-state index in [9.17, 15) is 4.79 Å². The van der Waals surface area contributed by atoms with Crippen LogP contribution in [-0.2, 0) is 4.79 Å². The van der Waals surface area contributed by atoms with E-state index in [4.69, 9.17) is 5.73 Å². The predicted octanol–water partition coefficient (Wildman–Crippen LogP) is 1.18. The number of fused-ring (bicyclic) bond motifs is 1. The van der Waals surface area contributed by atoms with Crippen LogP contribution in [-0.4, -0.2) is 29.8 Å². The fraction of sp³-hybridized carbons (Fsp3) is 0.133. The summed E-state index contributed by atoms with van der Waals surface area (Å²) < 4.78 is 0. The maximum atomic E-state index is 12.2. The van der Waals surface area contributed by atoms with E-state index in [0.717, 1.165) is 16.8 Å². The summed E-state index contributed by atoms with van der Waals surface area (Å²) in [5, 5.41) is 0. The van der Waals surface area contributed by atoms with Crippen molar-refractivity contribution in [2.24, 2.45) is 10.7 Å². The van der Waals surface area contributed by atoms with Crippen molar-refractivity contribution in [3.8, 4) is 0 Å². The van der Waals surface area contributed by atoms with Crippen molar-refractivity contribution in [1.82, 2.24) is 4.98 Å². The number of hydrogen-bond acceptors (Lipinski definition) is 4. The zero-order valence-electron chi connectivity index (χ0n) is 11.0. The molecule has 1 atom stereocenters. The van der Waals surface area contributed by atoms with Gasteiger partial charge in [0, 0.05) is 30.6 Å². The molecule has 0 bridgehead atoms. The third-order valence-corrected chi connectivity index (χ3v) is 3.33. The van der Waals surface area contributed by atoms with Crippen LogP contribution in [0.5, 0.6) is 0 Å². The van der Waals surface area contributed by atoms with E-state index in [2.05, 4.69) is 9.98 Å². The fourth-order valence-electron chi connectivity index (χ4n) is 2.29. The molecule has 0 saturated carbocycles. The molecule has 20 heavy (non-hydrogen) atoms. The van der Waals surface area contributed by atoms with Gasteiger partial charge in [0.25, 0.3) is 5.91 Å². The second-order valence-corrected chi connectivity index (χ2v) is 4.57. The molecule has 1 aliphatic rings. The lowest BCUT2D eigenvalue weighted by atomic mass is 10.0. The van der Waals surface area contributed by atoms with Gasteiger partial charge in [-0.05, 0) is 18.2 Å². The van der Waals surface area contributed by atoms with Crippen LogP contribution in [0.2, 0.25) is 0 Å². The average Bonchev–Trinajstić information content (AvgIpc) is 2.60. The monoisotopic (exact) mass is 266 g/mol. The number of pyridine rings is 1. The molecule has 2 N–H and O–H groups in total. The van der Waals surface area contributed by atoms with Gasteiger partial charge < -0.3 is 10.6 Å². The molecule has 1 aromatic heterocycles. The molecule has 0 unspecified atom stereocenters. The molecule has 0 saturated heterocycles. The highest BCUT2D eigenvalue weighted by Gasteiger charge is 2.27. The number of nitrogens with two attached hydrogens (primary N) is 1. The maximum Gasteiger partial charge on any atom is 0.266 e. The molecule has 0 aliphatic carbocycles. The quantitative estimate of drug-likeness (QED) is 0.842. The van der Waals surface area contributed by atoms with E-state index in [1.54, 1.807) is 24.3 Å². The largest absolute Gasteiger partial charge is 0.312 e. The lowest BCUT2D eigenvalue weighted by Gasteiger charge is -2.18. The van der Waals surface area contributed by atoms with Crippen molar-refractivity contribution in [3.05, 3.63) is 59.9 Å².